The van der Waals surface area contributed by atoms with Crippen molar-refractivity contribution in [3.8, 4) is 11.3 Å². The second-order valence-electron chi connectivity index (χ2n) is 7.22. The van der Waals surface area contributed by atoms with E-state index in [1.165, 1.54) is 13.8 Å². The average Bonchev–Trinajstić information content (AvgIpc) is 3.09. The predicted molar refractivity (Wildman–Crippen MR) is 116 cm³/mol. The molecule has 1 aromatic carbocycles. The molecule has 3 nitrogen and oxygen atoms in total. The summed E-state index contributed by atoms with van der Waals surface area (Å²) in [6.07, 6.45) is 0.499. The van der Waals surface area contributed by atoms with Gasteiger partial charge >= 0.3 is 0 Å². The van der Waals surface area contributed by atoms with Gasteiger partial charge in [-0.05, 0) is 48.9 Å². The molecule has 3 aromatic heterocycles. The van der Waals surface area contributed by atoms with Crippen LogP contribution in [0.1, 0.15) is 64.1 Å². The molecular formula is C25H29N2O+. The molecule has 3 heterocycles. The van der Waals surface area contributed by atoms with Gasteiger partial charge in [-0.2, -0.15) is 0 Å². The molecule has 0 aliphatic carbocycles. The van der Waals surface area contributed by atoms with Crippen LogP contribution in [0.25, 0.3) is 33.3 Å². The van der Waals surface area contributed by atoms with E-state index in [-0.39, 0.29) is 11.1 Å². The van der Waals surface area contributed by atoms with Crippen LogP contribution in [0.2, 0.25) is 0 Å². The summed E-state index contributed by atoms with van der Waals surface area (Å²) in [5.74, 6) is -1.98. The minimum absolute atomic E-state index is 0.134. The number of furan rings is 1. The molecule has 0 saturated carbocycles. The van der Waals surface area contributed by atoms with E-state index in [4.69, 9.17) is 12.6 Å². The quantitative estimate of drug-likeness (QED) is 0.405. The Morgan fingerprint density at radius 1 is 1.25 bits per heavy atom. The van der Waals surface area contributed by atoms with Crippen LogP contribution in [0.5, 0.6) is 0 Å². The van der Waals surface area contributed by atoms with Crippen molar-refractivity contribution >= 4 is 22.1 Å². The van der Waals surface area contributed by atoms with Crippen molar-refractivity contribution in [3.05, 3.63) is 58.9 Å². The Hall–Kier alpha value is -2.68. The van der Waals surface area contributed by atoms with E-state index in [0.717, 1.165) is 34.0 Å². The summed E-state index contributed by atoms with van der Waals surface area (Å²) >= 11 is 0. The number of benzene rings is 1. The third-order valence-electron chi connectivity index (χ3n) is 5.34. The standard InChI is InChI=1S/C25H29N2O/c1-7-17-13-22(27(6)14-21(17)15(3)4)23-16(5)9-11-19-20-12-10-18(8-2)26-25(20)28-24(19)23/h9-15H,7-8H2,1-6H3/q+1/i3D3,7D2,15D. The second-order valence-corrected chi connectivity index (χ2v) is 7.22. The smallest absolute Gasteiger partial charge is 0.227 e. The van der Waals surface area contributed by atoms with Crippen LogP contribution in [-0.2, 0) is 19.8 Å². The number of aromatic nitrogens is 2. The fraction of sp³-hybridized carbons (Fsp3) is 0.360. The number of nitrogens with zero attached hydrogens (tertiary/aromatic N) is 2. The Kier molecular flexibility index (Phi) is 3.20. The zero-order valence-electron chi connectivity index (χ0n) is 23.0. The molecule has 0 fully saturated rings. The largest absolute Gasteiger partial charge is 0.437 e. The monoisotopic (exact) mass is 379 g/mol. The lowest BCUT2D eigenvalue weighted by Gasteiger charge is -2.13. The van der Waals surface area contributed by atoms with Crippen LogP contribution in [0.4, 0.5) is 0 Å². The predicted octanol–water partition coefficient (Wildman–Crippen LogP) is 6.03. The molecule has 0 aliphatic heterocycles. The highest BCUT2D eigenvalue weighted by atomic mass is 16.3. The molecule has 0 radical (unpaired) electrons. The minimum Gasteiger partial charge on any atom is -0.437 e. The Labute approximate surface area is 175 Å². The first-order valence-corrected chi connectivity index (χ1v) is 9.53. The fourth-order valence-corrected chi connectivity index (χ4v) is 3.78. The topological polar surface area (TPSA) is 29.9 Å². The molecule has 4 aromatic rings. The van der Waals surface area contributed by atoms with Crippen LogP contribution in [-0.4, -0.2) is 4.98 Å². The molecule has 1 unspecified atom stereocenters. The molecule has 0 spiro atoms. The number of aryl methyl sites for hydroxylation is 4. The van der Waals surface area contributed by atoms with E-state index in [9.17, 15) is 0 Å². The summed E-state index contributed by atoms with van der Waals surface area (Å²) in [6, 6.07) is 9.64. The highest BCUT2D eigenvalue weighted by Gasteiger charge is 2.23. The first-order valence-electron chi connectivity index (χ1n) is 12.5. The molecule has 0 saturated heterocycles. The van der Waals surface area contributed by atoms with Crippen molar-refractivity contribution in [2.75, 3.05) is 0 Å². The molecule has 28 heavy (non-hydrogen) atoms. The number of fused-ring (bicyclic) bond motifs is 3. The molecule has 0 N–H and O–H groups in total. The lowest BCUT2D eigenvalue weighted by atomic mass is 9.94. The maximum atomic E-state index is 8.63. The zero-order chi connectivity index (χ0) is 25.2. The maximum absolute atomic E-state index is 8.63. The van der Waals surface area contributed by atoms with Gasteiger partial charge in [-0.15, -0.1) is 0 Å². The zero-order valence-corrected chi connectivity index (χ0v) is 17.0. The molecule has 0 bridgehead atoms. The van der Waals surface area contributed by atoms with Crippen LogP contribution in [0, 0.1) is 6.92 Å². The Morgan fingerprint density at radius 3 is 2.75 bits per heavy atom. The van der Waals surface area contributed by atoms with Gasteiger partial charge in [0, 0.05) is 36.3 Å². The van der Waals surface area contributed by atoms with Gasteiger partial charge in [0.05, 0.1) is 5.56 Å². The third kappa shape index (κ3) is 2.90. The van der Waals surface area contributed by atoms with Gasteiger partial charge in [-0.3, -0.25) is 0 Å². The normalized spacial score (nSPS) is 18.0. The highest BCUT2D eigenvalue weighted by molar-refractivity contribution is 6.08. The average molecular weight is 380 g/mol. The van der Waals surface area contributed by atoms with Crippen molar-refractivity contribution in [1.29, 1.82) is 0 Å². The van der Waals surface area contributed by atoms with Gasteiger partial charge in [0.25, 0.3) is 0 Å². The maximum Gasteiger partial charge on any atom is 0.227 e. The number of hydrogen-bond acceptors (Lipinski definition) is 2. The van der Waals surface area contributed by atoms with E-state index in [1.54, 1.807) is 23.9 Å². The summed E-state index contributed by atoms with van der Waals surface area (Å²) in [5, 5.41) is 1.81. The molecule has 144 valence electrons. The van der Waals surface area contributed by atoms with Gasteiger partial charge < -0.3 is 4.42 Å². The van der Waals surface area contributed by atoms with Crippen LogP contribution < -0.4 is 4.57 Å². The van der Waals surface area contributed by atoms with E-state index in [1.807, 2.05) is 38.1 Å². The molecule has 0 amide bonds. The van der Waals surface area contributed by atoms with Crippen molar-refractivity contribution in [3.63, 3.8) is 0 Å². The first kappa shape index (κ1) is 12.7. The van der Waals surface area contributed by atoms with E-state index in [2.05, 4.69) is 4.98 Å². The van der Waals surface area contributed by atoms with E-state index >= 15 is 0 Å². The van der Waals surface area contributed by atoms with E-state index < -0.39 is 19.1 Å². The van der Waals surface area contributed by atoms with Crippen molar-refractivity contribution in [2.24, 2.45) is 7.05 Å². The summed E-state index contributed by atoms with van der Waals surface area (Å²) in [5.41, 5.74) is 4.82. The minimum atomic E-state index is -2.63. The number of hydrogen-bond donors (Lipinski definition) is 0. The van der Waals surface area contributed by atoms with Crippen LogP contribution in [0.15, 0.2) is 40.9 Å². The highest BCUT2D eigenvalue weighted by Crippen LogP contribution is 2.37. The summed E-state index contributed by atoms with van der Waals surface area (Å²) in [6.45, 7) is 4.06. The van der Waals surface area contributed by atoms with Gasteiger partial charge in [-0.1, -0.05) is 39.8 Å². The summed E-state index contributed by atoms with van der Waals surface area (Å²) in [4.78, 5) is 4.63. The van der Waals surface area contributed by atoms with Crippen LogP contribution >= 0.6 is 0 Å². The fourth-order valence-electron chi connectivity index (χ4n) is 3.78. The van der Waals surface area contributed by atoms with Gasteiger partial charge in [0.15, 0.2) is 11.8 Å². The van der Waals surface area contributed by atoms with Gasteiger partial charge in [-0.25, -0.2) is 9.55 Å². The number of pyridine rings is 2. The Balaban J connectivity index is 2.07. The van der Waals surface area contributed by atoms with E-state index in [0.29, 0.717) is 17.0 Å². The van der Waals surface area contributed by atoms with Gasteiger partial charge in [0.1, 0.15) is 7.05 Å². The third-order valence-corrected chi connectivity index (χ3v) is 5.34. The molecular weight excluding hydrogens is 344 g/mol. The van der Waals surface area contributed by atoms with Gasteiger partial charge in [0.2, 0.25) is 11.4 Å². The first-order chi connectivity index (χ1) is 15.7. The summed E-state index contributed by atoms with van der Waals surface area (Å²) in [7, 11) is 1.78. The van der Waals surface area contributed by atoms with Crippen LogP contribution in [0.3, 0.4) is 0 Å². The lowest BCUT2D eigenvalue weighted by Crippen LogP contribution is -2.32. The van der Waals surface area contributed by atoms with Crippen molar-refractivity contribution in [1.82, 2.24) is 4.98 Å². The SMILES string of the molecule is [2H]C([2H])(C)c1cc(-c2c(C)ccc3c2oc2nc(CC)ccc23)[n+](C)cc1C([2H])(C)C([2H])([2H])[2H]. The Morgan fingerprint density at radius 2 is 2.04 bits per heavy atom. The summed E-state index contributed by atoms with van der Waals surface area (Å²) < 4.78 is 57.2. The molecule has 3 heteroatoms. The number of rotatable bonds is 4. The molecule has 0 aliphatic rings. The lowest BCUT2D eigenvalue weighted by molar-refractivity contribution is -0.660. The Bertz CT molecular complexity index is 1410. The molecule has 4 rings (SSSR count). The van der Waals surface area contributed by atoms with Crippen molar-refractivity contribution in [2.45, 2.75) is 53.2 Å². The molecule has 1 atom stereocenters. The second kappa shape index (κ2) is 7.05. The van der Waals surface area contributed by atoms with Crippen molar-refractivity contribution < 1.29 is 17.2 Å².